The first-order valence-electron chi connectivity index (χ1n) is 8.21. The summed E-state index contributed by atoms with van der Waals surface area (Å²) in [6.07, 6.45) is 1.24. The van der Waals surface area contributed by atoms with E-state index in [1.165, 1.54) is 6.33 Å². The second-order valence-corrected chi connectivity index (χ2v) is 6.31. The van der Waals surface area contributed by atoms with Gasteiger partial charge in [-0.2, -0.15) is 0 Å². The van der Waals surface area contributed by atoms with Crippen molar-refractivity contribution in [2.45, 2.75) is 6.92 Å². The summed E-state index contributed by atoms with van der Waals surface area (Å²) in [6.45, 7) is 1.95. The van der Waals surface area contributed by atoms with Gasteiger partial charge in [0, 0.05) is 22.5 Å². The van der Waals surface area contributed by atoms with E-state index in [4.69, 9.17) is 21.1 Å². The van der Waals surface area contributed by atoms with Crippen LogP contribution >= 0.6 is 11.6 Å². The lowest BCUT2D eigenvalue weighted by Crippen LogP contribution is -2.06. The molecule has 1 aromatic heterocycles. The van der Waals surface area contributed by atoms with Crippen molar-refractivity contribution in [3.8, 4) is 11.5 Å². The van der Waals surface area contributed by atoms with Gasteiger partial charge in [0.2, 0.25) is 18.4 Å². The summed E-state index contributed by atoms with van der Waals surface area (Å²) < 4.78 is 10.6. The molecule has 0 aliphatic carbocycles. The molecule has 0 fully saturated rings. The topological polar surface area (TPSA) is 111 Å². The van der Waals surface area contributed by atoms with Crippen molar-refractivity contribution in [1.29, 1.82) is 0 Å². The molecule has 10 heteroatoms. The van der Waals surface area contributed by atoms with Crippen LogP contribution in [0.5, 0.6) is 11.5 Å². The summed E-state index contributed by atoms with van der Waals surface area (Å²) in [5, 5.41) is 18.2. The third kappa shape index (κ3) is 3.35. The molecule has 4 rings (SSSR count). The molecule has 28 heavy (non-hydrogen) atoms. The highest BCUT2D eigenvalue weighted by atomic mass is 35.5. The Morgan fingerprint density at radius 1 is 1.11 bits per heavy atom. The van der Waals surface area contributed by atoms with Crippen LogP contribution in [0.2, 0.25) is 5.02 Å². The molecular formula is C18H14ClN5O4. The highest BCUT2D eigenvalue weighted by molar-refractivity contribution is 6.31. The van der Waals surface area contributed by atoms with Crippen molar-refractivity contribution in [2.75, 3.05) is 17.4 Å². The first-order valence-corrected chi connectivity index (χ1v) is 8.59. The Morgan fingerprint density at radius 3 is 2.64 bits per heavy atom. The zero-order valence-electron chi connectivity index (χ0n) is 14.6. The average molecular weight is 400 g/mol. The maximum Gasteiger partial charge on any atom is 0.353 e. The van der Waals surface area contributed by atoms with Crippen LogP contribution in [0, 0.1) is 17.0 Å². The third-order valence-corrected chi connectivity index (χ3v) is 4.57. The molecule has 0 unspecified atom stereocenters. The summed E-state index contributed by atoms with van der Waals surface area (Å²) >= 11 is 6.13. The largest absolute Gasteiger partial charge is 0.454 e. The minimum atomic E-state index is -0.544. The first kappa shape index (κ1) is 17.8. The van der Waals surface area contributed by atoms with Gasteiger partial charge in [-0.25, -0.2) is 9.97 Å². The number of nitrogens with zero attached hydrogens (tertiary/aromatic N) is 3. The number of hydrogen-bond acceptors (Lipinski definition) is 8. The Balaban J connectivity index is 1.69. The van der Waals surface area contributed by atoms with E-state index >= 15 is 0 Å². The lowest BCUT2D eigenvalue weighted by atomic mass is 10.2. The molecule has 0 bridgehead atoms. The van der Waals surface area contributed by atoms with Crippen LogP contribution in [-0.2, 0) is 0 Å². The van der Waals surface area contributed by atoms with E-state index in [2.05, 4.69) is 20.6 Å². The van der Waals surface area contributed by atoms with Crippen molar-refractivity contribution in [2.24, 2.45) is 0 Å². The van der Waals surface area contributed by atoms with Gasteiger partial charge in [-0.05, 0) is 36.8 Å². The molecule has 2 aromatic carbocycles. The number of hydrogen-bond donors (Lipinski definition) is 2. The van der Waals surface area contributed by atoms with Gasteiger partial charge in [0.15, 0.2) is 11.5 Å². The number of halogens is 1. The summed E-state index contributed by atoms with van der Waals surface area (Å²) in [6, 6.07) is 10.4. The molecule has 0 atom stereocenters. The third-order valence-electron chi connectivity index (χ3n) is 4.16. The maximum atomic E-state index is 11.7. The van der Waals surface area contributed by atoms with Crippen LogP contribution in [0.1, 0.15) is 5.56 Å². The Hall–Kier alpha value is -3.59. The Morgan fingerprint density at radius 2 is 1.86 bits per heavy atom. The summed E-state index contributed by atoms with van der Waals surface area (Å²) in [4.78, 5) is 19.3. The number of anilines is 4. The predicted octanol–water partition coefficient (Wildman–Crippen LogP) is 4.56. The van der Waals surface area contributed by atoms with Crippen LogP contribution in [0.4, 0.5) is 28.7 Å². The molecule has 9 nitrogen and oxygen atoms in total. The highest BCUT2D eigenvalue weighted by Crippen LogP contribution is 2.38. The molecule has 142 valence electrons. The summed E-state index contributed by atoms with van der Waals surface area (Å²) in [5.74, 6) is 1.26. The number of benzene rings is 2. The van der Waals surface area contributed by atoms with Crippen molar-refractivity contribution >= 4 is 40.3 Å². The Kier molecular flexibility index (Phi) is 4.58. The van der Waals surface area contributed by atoms with Crippen LogP contribution < -0.4 is 20.1 Å². The normalized spacial score (nSPS) is 11.9. The minimum absolute atomic E-state index is 0.0426. The maximum absolute atomic E-state index is 11.7. The molecule has 0 saturated heterocycles. The fraction of sp³-hybridized carbons (Fsp3) is 0.111. The van der Waals surface area contributed by atoms with Crippen molar-refractivity contribution in [3.63, 3.8) is 0 Å². The van der Waals surface area contributed by atoms with Gasteiger partial charge in [-0.3, -0.25) is 10.1 Å². The number of fused-ring (bicyclic) bond motifs is 1. The predicted molar refractivity (Wildman–Crippen MR) is 104 cm³/mol. The fourth-order valence-electron chi connectivity index (χ4n) is 2.72. The van der Waals surface area contributed by atoms with Gasteiger partial charge in [-0.1, -0.05) is 17.7 Å². The van der Waals surface area contributed by atoms with Crippen LogP contribution in [0.25, 0.3) is 0 Å². The van der Waals surface area contributed by atoms with Crippen LogP contribution in [0.15, 0.2) is 42.7 Å². The molecule has 0 spiro atoms. The molecule has 0 amide bonds. The van der Waals surface area contributed by atoms with Gasteiger partial charge in [-0.15, -0.1) is 0 Å². The van der Waals surface area contributed by atoms with E-state index < -0.39 is 4.92 Å². The number of nitro groups is 1. The zero-order chi connectivity index (χ0) is 19.7. The highest BCUT2D eigenvalue weighted by Gasteiger charge is 2.24. The lowest BCUT2D eigenvalue weighted by Gasteiger charge is -2.12. The van der Waals surface area contributed by atoms with E-state index in [1.807, 2.05) is 6.92 Å². The molecule has 2 heterocycles. The number of nitrogens with one attached hydrogen (secondary N) is 2. The molecule has 1 aliphatic heterocycles. The monoisotopic (exact) mass is 399 g/mol. The molecule has 3 aromatic rings. The molecule has 1 aliphatic rings. The van der Waals surface area contributed by atoms with E-state index in [0.29, 0.717) is 27.9 Å². The second-order valence-electron chi connectivity index (χ2n) is 5.91. The van der Waals surface area contributed by atoms with Crippen LogP contribution in [-0.4, -0.2) is 21.7 Å². The van der Waals surface area contributed by atoms with Crippen LogP contribution in [0.3, 0.4) is 0 Å². The average Bonchev–Trinajstić information content (AvgIpc) is 3.13. The molecular weight excluding hydrogens is 386 g/mol. The zero-order valence-corrected chi connectivity index (χ0v) is 15.4. The number of aromatic nitrogens is 2. The Bertz CT molecular complexity index is 1080. The Labute approximate surface area is 164 Å². The van der Waals surface area contributed by atoms with E-state index in [-0.39, 0.29) is 24.1 Å². The fourth-order valence-corrected chi connectivity index (χ4v) is 2.89. The van der Waals surface area contributed by atoms with Gasteiger partial charge in [0.25, 0.3) is 0 Å². The first-order chi connectivity index (χ1) is 13.5. The van der Waals surface area contributed by atoms with E-state index in [0.717, 1.165) is 5.56 Å². The standard InChI is InChI=1S/C18H14ClN5O4/c1-10-12(19)3-2-4-13(10)23-18-16(24(25)26)17(20-8-21-18)22-11-5-6-14-15(7-11)28-9-27-14/h2-8H,9H2,1H3,(H2,20,21,22,23). The van der Waals surface area contributed by atoms with E-state index in [1.54, 1.807) is 36.4 Å². The smallest absolute Gasteiger partial charge is 0.353 e. The van der Waals surface area contributed by atoms with Gasteiger partial charge in [0.1, 0.15) is 6.33 Å². The summed E-state index contributed by atoms with van der Waals surface area (Å²) in [5.41, 5.74) is 1.64. The minimum Gasteiger partial charge on any atom is -0.454 e. The number of ether oxygens (including phenoxy) is 2. The van der Waals surface area contributed by atoms with Gasteiger partial charge >= 0.3 is 5.69 Å². The molecule has 2 N–H and O–H groups in total. The van der Waals surface area contributed by atoms with Gasteiger partial charge < -0.3 is 20.1 Å². The number of rotatable bonds is 5. The van der Waals surface area contributed by atoms with E-state index in [9.17, 15) is 10.1 Å². The second kappa shape index (κ2) is 7.20. The van der Waals surface area contributed by atoms with Crippen molar-refractivity contribution < 1.29 is 14.4 Å². The van der Waals surface area contributed by atoms with Crippen molar-refractivity contribution in [1.82, 2.24) is 9.97 Å². The SMILES string of the molecule is Cc1c(Cl)cccc1Nc1ncnc(Nc2ccc3c(c2)OCO3)c1[N+](=O)[O-]. The van der Waals surface area contributed by atoms with Gasteiger partial charge in [0.05, 0.1) is 4.92 Å². The lowest BCUT2D eigenvalue weighted by molar-refractivity contribution is -0.383. The quantitative estimate of drug-likeness (QED) is 0.474. The van der Waals surface area contributed by atoms with Crippen molar-refractivity contribution in [3.05, 3.63) is 63.4 Å². The summed E-state index contributed by atoms with van der Waals surface area (Å²) in [7, 11) is 0. The molecule has 0 radical (unpaired) electrons. The molecule has 0 saturated carbocycles.